The van der Waals surface area contributed by atoms with Gasteiger partial charge in [-0.15, -0.1) is 0 Å². The second-order valence-electron chi connectivity index (χ2n) is 6.31. The molecule has 0 saturated carbocycles. The number of imidazole rings is 1. The zero-order valence-electron chi connectivity index (χ0n) is 13.8. The topological polar surface area (TPSA) is 59.1 Å². The Bertz CT molecular complexity index is 424. The van der Waals surface area contributed by atoms with Gasteiger partial charge in [-0.05, 0) is 46.2 Å². The summed E-state index contributed by atoms with van der Waals surface area (Å²) in [6.45, 7) is 10.1. The number of hydrogen-bond acceptors (Lipinski definition) is 4. The number of nitrogens with one attached hydrogen (secondary N) is 1. The lowest BCUT2D eigenvalue weighted by molar-refractivity contribution is 0.0421. The molecule has 120 valence electrons. The quantitative estimate of drug-likeness (QED) is 0.596. The van der Waals surface area contributed by atoms with Crippen molar-refractivity contribution in [1.29, 1.82) is 0 Å². The van der Waals surface area contributed by atoms with Crippen molar-refractivity contribution >= 4 is 0 Å². The maximum Gasteiger partial charge on any atom is 0.110 e. The number of nitrogens with zero attached hydrogens (tertiary/aromatic N) is 3. The van der Waals surface area contributed by atoms with Crippen molar-refractivity contribution in [3.05, 3.63) is 18.2 Å². The van der Waals surface area contributed by atoms with Crippen molar-refractivity contribution in [3.63, 3.8) is 0 Å². The van der Waals surface area contributed by atoms with Crippen LogP contribution < -0.4 is 11.3 Å². The monoisotopic (exact) mass is 293 g/mol. The zero-order valence-corrected chi connectivity index (χ0v) is 13.8. The molecular formula is C16H31N5. The summed E-state index contributed by atoms with van der Waals surface area (Å²) in [7, 11) is 0. The molecule has 2 rings (SSSR count). The van der Waals surface area contributed by atoms with Crippen LogP contribution >= 0.6 is 0 Å². The lowest BCUT2D eigenvalue weighted by atomic mass is 9.84. The van der Waals surface area contributed by atoms with Crippen LogP contribution in [0.25, 0.3) is 0 Å². The first-order valence-corrected chi connectivity index (χ1v) is 8.36. The number of hydrazine groups is 1. The second-order valence-corrected chi connectivity index (χ2v) is 6.31. The third-order valence-electron chi connectivity index (χ3n) is 5.28. The van der Waals surface area contributed by atoms with Crippen LogP contribution in [-0.2, 0) is 13.0 Å². The number of rotatable bonds is 7. The SMILES string of the molecule is CCn1ccnc1CC(NN)C(C)(CC)N1CCCCC1. The number of nitrogens with two attached hydrogens (primary N) is 1. The predicted molar refractivity (Wildman–Crippen MR) is 86.8 cm³/mol. The van der Waals surface area contributed by atoms with Gasteiger partial charge in [-0.25, -0.2) is 4.98 Å². The van der Waals surface area contributed by atoms with Gasteiger partial charge in [-0.3, -0.25) is 16.2 Å². The molecule has 0 spiro atoms. The van der Waals surface area contributed by atoms with Gasteiger partial charge in [-0.2, -0.15) is 0 Å². The molecule has 0 aromatic carbocycles. The van der Waals surface area contributed by atoms with Crippen molar-refractivity contribution in [3.8, 4) is 0 Å². The van der Waals surface area contributed by atoms with Gasteiger partial charge in [0, 0.05) is 36.9 Å². The standard InChI is InChI=1S/C16H31N5/c1-4-16(3,21-10-7-6-8-11-21)14(19-17)13-15-18-9-12-20(15)5-2/h9,12,14,19H,4-8,10-11,13,17H2,1-3H3. The van der Waals surface area contributed by atoms with E-state index in [2.05, 4.69) is 40.6 Å². The Morgan fingerprint density at radius 2 is 2.05 bits per heavy atom. The summed E-state index contributed by atoms with van der Waals surface area (Å²) in [4.78, 5) is 7.14. The van der Waals surface area contributed by atoms with Crippen LogP contribution in [-0.4, -0.2) is 39.1 Å². The Hall–Kier alpha value is -0.910. The molecule has 0 radical (unpaired) electrons. The van der Waals surface area contributed by atoms with E-state index in [1.807, 2.05) is 12.4 Å². The molecule has 1 aromatic rings. The normalized spacial score (nSPS) is 21.1. The Balaban J connectivity index is 2.16. The van der Waals surface area contributed by atoms with Gasteiger partial charge in [0.25, 0.3) is 0 Å². The zero-order chi connectivity index (χ0) is 15.3. The molecule has 0 amide bonds. The molecule has 1 aliphatic heterocycles. The molecule has 1 aromatic heterocycles. The molecule has 0 bridgehead atoms. The van der Waals surface area contributed by atoms with Crippen molar-refractivity contribution in [2.45, 2.75) is 71.0 Å². The number of likely N-dealkylation sites (tertiary alicyclic amines) is 1. The smallest absolute Gasteiger partial charge is 0.110 e. The highest BCUT2D eigenvalue weighted by Crippen LogP contribution is 2.28. The summed E-state index contributed by atoms with van der Waals surface area (Å²) in [5, 5.41) is 0. The fourth-order valence-electron chi connectivity index (χ4n) is 3.55. The maximum atomic E-state index is 5.94. The molecule has 2 heterocycles. The molecule has 3 N–H and O–H groups in total. The molecule has 1 saturated heterocycles. The summed E-state index contributed by atoms with van der Waals surface area (Å²) in [5.74, 6) is 7.06. The van der Waals surface area contributed by atoms with Crippen molar-refractivity contribution in [1.82, 2.24) is 19.9 Å². The van der Waals surface area contributed by atoms with Crippen LogP contribution in [0, 0.1) is 0 Å². The first-order chi connectivity index (χ1) is 10.2. The van der Waals surface area contributed by atoms with Gasteiger partial charge in [0.05, 0.1) is 0 Å². The minimum absolute atomic E-state index is 0.0830. The van der Waals surface area contributed by atoms with Crippen LogP contribution in [0.4, 0.5) is 0 Å². The average Bonchev–Trinajstić information content (AvgIpc) is 3.00. The lowest BCUT2D eigenvalue weighted by Gasteiger charge is -2.47. The van der Waals surface area contributed by atoms with E-state index in [1.165, 1.54) is 32.4 Å². The Morgan fingerprint density at radius 1 is 1.33 bits per heavy atom. The van der Waals surface area contributed by atoms with Crippen LogP contribution in [0.3, 0.4) is 0 Å². The second kappa shape index (κ2) is 7.38. The van der Waals surface area contributed by atoms with Gasteiger partial charge in [-0.1, -0.05) is 13.3 Å². The molecule has 2 unspecified atom stereocenters. The third kappa shape index (κ3) is 3.47. The summed E-state index contributed by atoms with van der Waals surface area (Å²) >= 11 is 0. The van der Waals surface area contributed by atoms with Crippen molar-refractivity contribution in [2.75, 3.05) is 13.1 Å². The molecule has 21 heavy (non-hydrogen) atoms. The third-order valence-corrected chi connectivity index (χ3v) is 5.28. The number of aryl methyl sites for hydroxylation is 1. The molecule has 1 aliphatic rings. The highest BCUT2D eigenvalue weighted by molar-refractivity contribution is 5.04. The van der Waals surface area contributed by atoms with E-state index in [-0.39, 0.29) is 11.6 Å². The first-order valence-electron chi connectivity index (χ1n) is 8.36. The molecule has 1 fully saturated rings. The lowest BCUT2D eigenvalue weighted by Crippen LogP contribution is -2.62. The van der Waals surface area contributed by atoms with Gasteiger partial charge < -0.3 is 4.57 Å². The van der Waals surface area contributed by atoms with Crippen LogP contribution in [0.1, 0.15) is 52.3 Å². The number of aromatic nitrogens is 2. The van der Waals surface area contributed by atoms with E-state index in [1.54, 1.807) is 0 Å². The van der Waals surface area contributed by atoms with Gasteiger partial charge in [0.2, 0.25) is 0 Å². The number of piperidine rings is 1. The molecule has 5 heteroatoms. The summed E-state index contributed by atoms with van der Waals surface area (Å²) in [6.07, 6.45) is 9.86. The Labute approximate surface area is 128 Å². The minimum atomic E-state index is 0.0830. The van der Waals surface area contributed by atoms with Gasteiger partial charge in [0.15, 0.2) is 0 Å². The highest BCUT2D eigenvalue weighted by atomic mass is 15.3. The summed E-state index contributed by atoms with van der Waals surface area (Å²) < 4.78 is 2.20. The molecular weight excluding hydrogens is 262 g/mol. The highest BCUT2D eigenvalue weighted by Gasteiger charge is 2.38. The van der Waals surface area contributed by atoms with E-state index < -0.39 is 0 Å². The van der Waals surface area contributed by atoms with Gasteiger partial charge in [0.1, 0.15) is 5.82 Å². The molecule has 5 nitrogen and oxygen atoms in total. The fraction of sp³-hybridized carbons (Fsp3) is 0.812. The van der Waals surface area contributed by atoms with Crippen molar-refractivity contribution < 1.29 is 0 Å². The van der Waals surface area contributed by atoms with Gasteiger partial charge >= 0.3 is 0 Å². The van der Waals surface area contributed by atoms with E-state index in [4.69, 9.17) is 5.84 Å². The van der Waals surface area contributed by atoms with Crippen LogP contribution in [0.5, 0.6) is 0 Å². The largest absolute Gasteiger partial charge is 0.335 e. The molecule has 0 aliphatic carbocycles. The van der Waals surface area contributed by atoms with Crippen LogP contribution in [0.15, 0.2) is 12.4 Å². The van der Waals surface area contributed by atoms with E-state index in [0.717, 1.165) is 25.2 Å². The van der Waals surface area contributed by atoms with E-state index in [0.29, 0.717) is 0 Å². The Morgan fingerprint density at radius 3 is 2.62 bits per heavy atom. The van der Waals surface area contributed by atoms with Crippen LogP contribution in [0.2, 0.25) is 0 Å². The summed E-state index contributed by atoms with van der Waals surface area (Å²) in [6, 6.07) is 0.216. The minimum Gasteiger partial charge on any atom is -0.335 e. The average molecular weight is 293 g/mol. The van der Waals surface area contributed by atoms with Crippen molar-refractivity contribution in [2.24, 2.45) is 5.84 Å². The predicted octanol–water partition coefficient (Wildman–Crippen LogP) is 1.93. The van der Waals surface area contributed by atoms with E-state index >= 15 is 0 Å². The first kappa shape index (κ1) is 16.5. The van der Waals surface area contributed by atoms with E-state index in [9.17, 15) is 0 Å². The maximum absolute atomic E-state index is 5.94. The molecule has 2 atom stereocenters. The number of hydrogen-bond donors (Lipinski definition) is 2. The fourth-order valence-corrected chi connectivity index (χ4v) is 3.55. The Kier molecular flexibility index (Phi) is 5.79. The summed E-state index contributed by atoms with van der Waals surface area (Å²) in [5.41, 5.74) is 3.17.